The van der Waals surface area contributed by atoms with Gasteiger partial charge in [-0.2, -0.15) is 0 Å². The Kier molecular flexibility index (Phi) is 10.8. The maximum Gasteiger partial charge on any atom is 0.308 e. The third kappa shape index (κ3) is 8.64. The number of amides is 1. The maximum absolute atomic E-state index is 12.4. The number of methoxy groups -OCH3 is 2. The molecular formula is C28H29Cl2NO5. The van der Waals surface area contributed by atoms with Crippen LogP contribution in [0.25, 0.3) is 11.1 Å². The van der Waals surface area contributed by atoms with E-state index in [1.54, 1.807) is 6.07 Å². The second-order valence-corrected chi connectivity index (χ2v) is 9.15. The van der Waals surface area contributed by atoms with Crippen LogP contribution < -0.4 is 5.32 Å². The highest BCUT2D eigenvalue weighted by Crippen LogP contribution is 2.28. The Morgan fingerprint density at radius 2 is 1.53 bits per heavy atom. The fourth-order valence-electron chi connectivity index (χ4n) is 3.81. The number of hydrogen-bond acceptors (Lipinski definition) is 5. The summed E-state index contributed by atoms with van der Waals surface area (Å²) in [6, 6.07) is 22.4. The molecule has 0 saturated heterocycles. The summed E-state index contributed by atoms with van der Waals surface area (Å²) in [6.07, 6.45) is -0.201. The molecule has 0 spiro atoms. The fourth-order valence-corrected chi connectivity index (χ4v) is 4.33. The van der Waals surface area contributed by atoms with Crippen molar-refractivity contribution in [2.24, 2.45) is 0 Å². The summed E-state index contributed by atoms with van der Waals surface area (Å²) < 4.78 is 16.0. The first-order valence-electron chi connectivity index (χ1n) is 11.4. The van der Waals surface area contributed by atoms with Gasteiger partial charge in [0.25, 0.3) is 0 Å². The highest BCUT2D eigenvalue weighted by atomic mass is 35.5. The predicted molar refractivity (Wildman–Crippen MR) is 141 cm³/mol. The van der Waals surface area contributed by atoms with Crippen LogP contribution in [0.2, 0.25) is 10.0 Å². The number of halogens is 2. The van der Waals surface area contributed by atoms with Crippen LogP contribution in [0.5, 0.6) is 0 Å². The highest BCUT2D eigenvalue weighted by molar-refractivity contribution is 6.35. The van der Waals surface area contributed by atoms with Crippen molar-refractivity contribution in [3.05, 3.63) is 94.0 Å². The molecule has 0 radical (unpaired) electrons. The molecule has 3 aromatic rings. The fraction of sp³-hybridized carbons (Fsp3) is 0.286. The Balaban J connectivity index is 1.82. The molecule has 2 atom stereocenters. The Morgan fingerprint density at radius 1 is 0.861 bits per heavy atom. The summed E-state index contributed by atoms with van der Waals surface area (Å²) in [5, 5.41) is 4.08. The van der Waals surface area contributed by atoms with E-state index in [-0.39, 0.29) is 25.5 Å². The molecule has 190 valence electrons. The number of ether oxygens (including phenoxy) is 3. The van der Waals surface area contributed by atoms with E-state index in [9.17, 15) is 9.59 Å². The van der Waals surface area contributed by atoms with Crippen LogP contribution in [0.4, 0.5) is 0 Å². The van der Waals surface area contributed by atoms with E-state index in [0.29, 0.717) is 16.5 Å². The van der Waals surface area contributed by atoms with Crippen molar-refractivity contribution < 1.29 is 23.8 Å². The first kappa shape index (κ1) is 27.7. The van der Waals surface area contributed by atoms with Crippen LogP contribution in [0, 0.1) is 0 Å². The standard InChI is InChI=1S/C28H29Cl2NO5/c1-34-18-27(32)31-25(26(16-28(33)35-2)36-17-20-6-4-3-5-7-20)12-19-8-10-21(11-9-19)22-13-23(29)15-24(30)14-22/h3-11,13-15,25-26H,12,16-18H2,1-2H3,(H,31,32). The average molecular weight is 530 g/mol. The molecule has 0 bridgehead atoms. The third-order valence-electron chi connectivity index (χ3n) is 5.58. The number of hydrogen-bond donors (Lipinski definition) is 1. The van der Waals surface area contributed by atoms with E-state index in [0.717, 1.165) is 22.3 Å². The maximum atomic E-state index is 12.4. The van der Waals surface area contributed by atoms with Crippen LogP contribution in [0.3, 0.4) is 0 Å². The molecule has 36 heavy (non-hydrogen) atoms. The predicted octanol–water partition coefficient (Wildman–Crippen LogP) is 5.48. The number of rotatable bonds is 12. The second kappa shape index (κ2) is 14.0. The Morgan fingerprint density at radius 3 is 2.14 bits per heavy atom. The Labute approximate surface area is 221 Å². The molecule has 0 fully saturated rings. The molecule has 0 saturated carbocycles. The quantitative estimate of drug-likeness (QED) is 0.314. The van der Waals surface area contributed by atoms with Gasteiger partial charge in [-0.1, -0.05) is 77.8 Å². The minimum atomic E-state index is -0.620. The lowest BCUT2D eigenvalue weighted by atomic mass is 9.96. The van der Waals surface area contributed by atoms with Gasteiger partial charge in [-0.05, 0) is 46.9 Å². The van der Waals surface area contributed by atoms with E-state index < -0.39 is 18.1 Å². The van der Waals surface area contributed by atoms with Gasteiger partial charge >= 0.3 is 5.97 Å². The van der Waals surface area contributed by atoms with Crippen LogP contribution in [0.1, 0.15) is 17.5 Å². The zero-order chi connectivity index (χ0) is 25.9. The van der Waals surface area contributed by atoms with E-state index in [1.165, 1.54) is 14.2 Å². The van der Waals surface area contributed by atoms with Gasteiger partial charge in [-0.15, -0.1) is 0 Å². The van der Waals surface area contributed by atoms with Crippen molar-refractivity contribution in [1.82, 2.24) is 5.32 Å². The molecule has 0 aliphatic carbocycles. The van der Waals surface area contributed by atoms with Crippen molar-refractivity contribution in [3.8, 4) is 11.1 Å². The van der Waals surface area contributed by atoms with Crippen LogP contribution >= 0.6 is 23.2 Å². The van der Waals surface area contributed by atoms with Gasteiger partial charge in [0.2, 0.25) is 5.91 Å². The largest absolute Gasteiger partial charge is 0.469 e. The lowest BCUT2D eigenvalue weighted by molar-refractivity contribution is -0.145. The molecule has 8 heteroatoms. The van der Waals surface area contributed by atoms with Gasteiger partial charge in [0.1, 0.15) is 6.61 Å². The zero-order valence-corrected chi connectivity index (χ0v) is 21.7. The molecule has 0 aliphatic heterocycles. The summed E-state index contributed by atoms with van der Waals surface area (Å²) >= 11 is 12.3. The smallest absolute Gasteiger partial charge is 0.308 e. The number of carbonyl (C=O) groups excluding carboxylic acids is 2. The second-order valence-electron chi connectivity index (χ2n) is 8.28. The topological polar surface area (TPSA) is 73.9 Å². The SMILES string of the molecule is COCC(=O)NC(Cc1ccc(-c2cc(Cl)cc(Cl)c2)cc1)C(CC(=O)OC)OCc1ccccc1. The third-order valence-corrected chi connectivity index (χ3v) is 6.01. The molecular weight excluding hydrogens is 501 g/mol. The van der Waals surface area contributed by atoms with Gasteiger partial charge in [0, 0.05) is 17.2 Å². The normalized spacial score (nSPS) is 12.6. The number of esters is 1. The lowest BCUT2D eigenvalue weighted by Crippen LogP contribution is -2.48. The summed E-state index contributed by atoms with van der Waals surface area (Å²) in [7, 11) is 2.78. The summed E-state index contributed by atoms with van der Waals surface area (Å²) in [5.74, 6) is -0.724. The van der Waals surface area contributed by atoms with Crippen molar-refractivity contribution in [2.75, 3.05) is 20.8 Å². The van der Waals surface area contributed by atoms with Crippen LogP contribution in [-0.2, 0) is 36.8 Å². The molecule has 6 nitrogen and oxygen atoms in total. The number of nitrogens with one attached hydrogen (secondary N) is 1. The first-order valence-corrected chi connectivity index (χ1v) is 12.2. The minimum absolute atomic E-state index is 0.0135. The van der Waals surface area contributed by atoms with Crippen LogP contribution in [-0.4, -0.2) is 44.8 Å². The summed E-state index contributed by atoms with van der Waals surface area (Å²) in [6.45, 7) is 0.183. The van der Waals surface area contributed by atoms with E-state index in [1.807, 2.05) is 66.7 Å². The summed E-state index contributed by atoms with van der Waals surface area (Å²) in [5.41, 5.74) is 3.76. The van der Waals surface area contributed by atoms with E-state index >= 15 is 0 Å². The monoisotopic (exact) mass is 529 g/mol. The van der Waals surface area contributed by atoms with Crippen molar-refractivity contribution in [2.45, 2.75) is 31.6 Å². The average Bonchev–Trinajstić information content (AvgIpc) is 2.86. The van der Waals surface area contributed by atoms with Gasteiger partial charge in [-0.25, -0.2) is 0 Å². The first-order chi connectivity index (χ1) is 17.4. The zero-order valence-electron chi connectivity index (χ0n) is 20.2. The molecule has 1 amide bonds. The molecule has 2 unspecified atom stereocenters. The van der Waals surface area contributed by atoms with E-state index in [2.05, 4.69) is 5.32 Å². The van der Waals surface area contributed by atoms with E-state index in [4.69, 9.17) is 37.4 Å². The van der Waals surface area contributed by atoms with Gasteiger partial charge in [-0.3, -0.25) is 9.59 Å². The Bertz CT molecular complexity index is 1120. The summed E-state index contributed by atoms with van der Waals surface area (Å²) in [4.78, 5) is 24.6. The molecule has 3 rings (SSSR count). The minimum Gasteiger partial charge on any atom is -0.469 e. The molecule has 0 aromatic heterocycles. The van der Waals surface area contributed by atoms with Gasteiger partial charge in [0.15, 0.2) is 0 Å². The lowest BCUT2D eigenvalue weighted by Gasteiger charge is -2.28. The molecule has 0 heterocycles. The van der Waals surface area contributed by atoms with Crippen molar-refractivity contribution in [1.29, 1.82) is 0 Å². The van der Waals surface area contributed by atoms with Crippen LogP contribution in [0.15, 0.2) is 72.8 Å². The van der Waals surface area contributed by atoms with Gasteiger partial charge < -0.3 is 19.5 Å². The van der Waals surface area contributed by atoms with Crippen molar-refractivity contribution in [3.63, 3.8) is 0 Å². The number of benzene rings is 3. The Hall–Kier alpha value is -2.90. The number of carbonyl (C=O) groups is 2. The van der Waals surface area contributed by atoms with Crippen molar-refractivity contribution >= 4 is 35.1 Å². The molecule has 0 aliphatic rings. The highest BCUT2D eigenvalue weighted by Gasteiger charge is 2.27. The van der Waals surface area contributed by atoms with Gasteiger partial charge in [0.05, 0.1) is 32.3 Å². The molecule has 1 N–H and O–H groups in total. The molecule has 3 aromatic carbocycles.